The summed E-state index contributed by atoms with van der Waals surface area (Å²) in [4.78, 5) is 0.177. The molecule has 1 rings (SSSR count). The van der Waals surface area contributed by atoms with E-state index in [1.807, 2.05) is 23.9 Å². The maximum Gasteiger partial charge on any atom is 0.238 e. The van der Waals surface area contributed by atoms with Crippen LogP contribution in [0.5, 0.6) is 0 Å². The lowest BCUT2D eigenvalue weighted by Gasteiger charge is -2.02. The molecule has 0 atom stereocenters. The molecule has 0 saturated heterocycles. The Balaban J connectivity index is 2.65. The number of hydrogen-bond acceptors (Lipinski definition) is 3. The molecule has 0 spiro atoms. The summed E-state index contributed by atoms with van der Waals surface area (Å²) in [6.45, 7) is 0. The fourth-order valence-electron chi connectivity index (χ4n) is 1.27. The third-order valence-electron chi connectivity index (χ3n) is 2.07. The average Bonchev–Trinajstić information content (AvgIpc) is 2.18. The number of nitrogens with two attached hydrogens (primary N) is 1. The molecule has 3 nitrogen and oxygen atoms in total. The molecule has 0 heterocycles. The van der Waals surface area contributed by atoms with Crippen LogP contribution in [0.15, 0.2) is 29.2 Å². The fraction of sp³-hybridized carbons (Fsp3) is 0.400. The second-order valence-corrected chi connectivity index (χ2v) is 5.83. The Hall–Kier alpha value is -0.520. The van der Waals surface area contributed by atoms with Gasteiger partial charge in [0.15, 0.2) is 0 Å². The molecule has 1 aromatic carbocycles. The zero-order chi connectivity index (χ0) is 11.3. The van der Waals surface area contributed by atoms with E-state index < -0.39 is 10.0 Å². The minimum absolute atomic E-state index is 0.177. The van der Waals surface area contributed by atoms with Gasteiger partial charge in [-0.3, -0.25) is 0 Å². The number of hydrogen-bond donors (Lipinski definition) is 1. The van der Waals surface area contributed by atoms with Crippen molar-refractivity contribution in [1.29, 1.82) is 0 Å². The van der Waals surface area contributed by atoms with E-state index in [1.54, 1.807) is 12.1 Å². The lowest BCUT2D eigenvalue weighted by atomic mass is 10.1. The second-order valence-electron chi connectivity index (χ2n) is 3.29. The van der Waals surface area contributed by atoms with Gasteiger partial charge in [0.1, 0.15) is 0 Å². The number of sulfonamides is 1. The molecule has 0 radical (unpaired) electrons. The van der Waals surface area contributed by atoms with Crippen molar-refractivity contribution in [3.63, 3.8) is 0 Å². The standard InChI is InChI=1S/C10H15NO2S2/c1-14-8-2-3-9-4-6-10(7-5-9)15(11,12)13/h4-7H,2-3,8H2,1H3,(H2,11,12,13). The molecule has 0 unspecified atom stereocenters. The molecule has 0 amide bonds. The Morgan fingerprint density at radius 2 is 1.87 bits per heavy atom. The van der Waals surface area contributed by atoms with Crippen LogP contribution in [0.1, 0.15) is 12.0 Å². The monoisotopic (exact) mass is 245 g/mol. The summed E-state index contributed by atoms with van der Waals surface area (Å²) in [5.41, 5.74) is 1.15. The van der Waals surface area contributed by atoms with Crippen LogP contribution in [0, 0.1) is 0 Å². The minimum atomic E-state index is -3.55. The van der Waals surface area contributed by atoms with E-state index >= 15 is 0 Å². The summed E-state index contributed by atoms with van der Waals surface area (Å²) >= 11 is 1.81. The molecule has 1 aromatic rings. The Morgan fingerprint density at radius 3 is 2.33 bits per heavy atom. The lowest BCUT2D eigenvalue weighted by Crippen LogP contribution is -2.11. The molecule has 0 aliphatic carbocycles. The van der Waals surface area contributed by atoms with E-state index in [9.17, 15) is 8.42 Å². The first kappa shape index (κ1) is 12.5. The van der Waals surface area contributed by atoms with Gasteiger partial charge in [0.2, 0.25) is 10.0 Å². The van der Waals surface area contributed by atoms with Crippen LogP contribution in [-0.4, -0.2) is 20.4 Å². The zero-order valence-corrected chi connectivity index (χ0v) is 10.3. The number of thioether (sulfide) groups is 1. The van der Waals surface area contributed by atoms with Gasteiger partial charge in [-0.15, -0.1) is 0 Å². The van der Waals surface area contributed by atoms with Crippen molar-refractivity contribution in [2.24, 2.45) is 5.14 Å². The Bertz CT molecular complexity index is 398. The van der Waals surface area contributed by atoms with Crippen molar-refractivity contribution in [1.82, 2.24) is 0 Å². The molecular weight excluding hydrogens is 230 g/mol. The average molecular weight is 245 g/mol. The van der Waals surface area contributed by atoms with Gasteiger partial charge >= 0.3 is 0 Å². The summed E-state index contributed by atoms with van der Waals surface area (Å²) in [7, 11) is -3.55. The highest BCUT2D eigenvalue weighted by Crippen LogP contribution is 2.11. The number of aryl methyl sites for hydroxylation is 1. The van der Waals surface area contributed by atoms with Crippen molar-refractivity contribution in [2.75, 3.05) is 12.0 Å². The summed E-state index contributed by atoms with van der Waals surface area (Å²) in [6, 6.07) is 6.76. The first-order valence-electron chi connectivity index (χ1n) is 4.65. The van der Waals surface area contributed by atoms with E-state index in [0.717, 1.165) is 24.2 Å². The molecule has 0 aliphatic rings. The third-order valence-corrected chi connectivity index (χ3v) is 3.69. The Kier molecular flexibility index (Phi) is 4.63. The van der Waals surface area contributed by atoms with E-state index in [-0.39, 0.29) is 4.90 Å². The van der Waals surface area contributed by atoms with Gasteiger partial charge in [-0.05, 0) is 42.5 Å². The first-order chi connectivity index (χ1) is 7.04. The fourth-order valence-corrected chi connectivity index (χ4v) is 2.21. The van der Waals surface area contributed by atoms with Gasteiger partial charge in [-0.2, -0.15) is 11.8 Å². The van der Waals surface area contributed by atoms with Gasteiger partial charge in [-0.25, -0.2) is 13.6 Å². The van der Waals surface area contributed by atoms with E-state index in [2.05, 4.69) is 6.26 Å². The maximum atomic E-state index is 11.0. The van der Waals surface area contributed by atoms with Gasteiger partial charge in [-0.1, -0.05) is 12.1 Å². The quantitative estimate of drug-likeness (QED) is 0.802. The van der Waals surface area contributed by atoms with Crippen molar-refractivity contribution < 1.29 is 8.42 Å². The van der Waals surface area contributed by atoms with Crippen LogP contribution < -0.4 is 5.14 Å². The highest BCUT2D eigenvalue weighted by atomic mass is 32.2. The smallest absolute Gasteiger partial charge is 0.225 e. The van der Waals surface area contributed by atoms with Crippen LogP contribution in [0.3, 0.4) is 0 Å². The van der Waals surface area contributed by atoms with Gasteiger partial charge in [0, 0.05) is 0 Å². The molecule has 0 bridgehead atoms. The minimum Gasteiger partial charge on any atom is -0.225 e. The van der Waals surface area contributed by atoms with Crippen LogP contribution in [0.4, 0.5) is 0 Å². The first-order valence-corrected chi connectivity index (χ1v) is 7.59. The van der Waals surface area contributed by atoms with Gasteiger partial charge < -0.3 is 0 Å². The Morgan fingerprint density at radius 1 is 1.27 bits per heavy atom. The lowest BCUT2D eigenvalue weighted by molar-refractivity contribution is 0.598. The molecule has 0 aromatic heterocycles. The van der Waals surface area contributed by atoms with Crippen LogP contribution in [0.25, 0.3) is 0 Å². The van der Waals surface area contributed by atoms with Gasteiger partial charge in [0.25, 0.3) is 0 Å². The summed E-state index contributed by atoms with van der Waals surface area (Å²) in [5, 5.41) is 5.00. The van der Waals surface area contributed by atoms with Crippen molar-refractivity contribution in [3.8, 4) is 0 Å². The predicted octanol–water partition coefficient (Wildman–Crippen LogP) is 1.63. The highest BCUT2D eigenvalue weighted by Gasteiger charge is 2.06. The second kappa shape index (κ2) is 5.53. The number of primary sulfonamides is 1. The molecule has 0 fully saturated rings. The molecule has 0 aliphatic heterocycles. The summed E-state index contributed by atoms with van der Waals surface area (Å²) in [6.07, 6.45) is 4.16. The van der Waals surface area contributed by atoms with E-state index in [1.165, 1.54) is 0 Å². The van der Waals surface area contributed by atoms with Crippen molar-refractivity contribution >= 4 is 21.8 Å². The highest BCUT2D eigenvalue weighted by molar-refractivity contribution is 7.98. The predicted molar refractivity (Wildman–Crippen MR) is 64.5 cm³/mol. The SMILES string of the molecule is CSCCCc1ccc(S(N)(=O)=O)cc1. The number of benzene rings is 1. The van der Waals surface area contributed by atoms with E-state index in [0.29, 0.717) is 0 Å². The van der Waals surface area contributed by atoms with Gasteiger partial charge in [0.05, 0.1) is 4.90 Å². The van der Waals surface area contributed by atoms with Crippen molar-refractivity contribution in [3.05, 3.63) is 29.8 Å². The molecule has 15 heavy (non-hydrogen) atoms. The molecule has 2 N–H and O–H groups in total. The largest absolute Gasteiger partial charge is 0.238 e. The topological polar surface area (TPSA) is 60.2 Å². The third kappa shape index (κ3) is 4.24. The van der Waals surface area contributed by atoms with Crippen LogP contribution in [0.2, 0.25) is 0 Å². The van der Waals surface area contributed by atoms with E-state index in [4.69, 9.17) is 5.14 Å². The maximum absolute atomic E-state index is 11.0. The Labute approximate surface area is 95.1 Å². The van der Waals surface area contributed by atoms with Crippen LogP contribution in [-0.2, 0) is 16.4 Å². The molecular formula is C10H15NO2S2. The summed E-state index contributed by atoms with van der Waals surface area (Å²) < 4.78 is 22.0. The molecule has 0 saturated carbocycles. The van der Waals surface area contributed by atoms with Crippen LogP contribution >= 0.6 is 11.8 Å². The summed E-state index contributed by atoms with van der Waals surface area (Å²) in [5.74, 6) is 1.12. The zero-order valence-electron chi connectivity index (χ0n) is 8.64. The molecule has 5 heteroatoms. The molecule has 84 valence electrons. The number of rotatable bonds is 5. The van der Waals surface area contributed by atoms with Crippen molar-refractivity contribution in [2.45, 2.75) is 17.7 Å². The normalized spacial score (nSPS) is 11.6.